The van der Waals surface area contributed by atoms with Crippen LogP contribution in [-0.2, 0) is 16.1 Å². The number of carboxylic acid groups (broad SMARTS) is 1. The van der Waals surface area contributed by atoms with Crippen LogP contribution in [0.5, 0.6) is 0 Å². The Morgan fingerprint density at radius 1 is 1.30 bits per heavy atom. The summed E-state index contributed by atoms with van der Waals surface area (Å²) in [5, 5.41) is 7.12. The van der Waals surface area contributed by atoms with Crippen molar-refractivity contribution in [2.75, 3.05) is 31.1 Å². The third kappa shape index (κ3) is 5.63. The maximum Gasteiger partial charge on any atom is 0.490 e. The van der Waals surface area contributed by atoms with Gasteiger partial charge in [-0.1, -0.05) is 6.07 Å². The van der Waals surface area contributed by atoms with Crippen LogP contribution in [0.25, 0.3) is 0 Å². The Morgan fingerprint density at radius 3 is 2.70 bits per heavy atom. The van der Waals surface area contributed by atoms with Crippen molar-refractivity contribution in [3.05, 3.63) is 48.2 Å². The van der Waals surface area contributed by atoms with E-state index in [0.717, 1.165) is 50.0 Å². The van der Waals surface area contributed by atoms with Crippen LogP contribution < -0.4 is 4.90 Å². The normalized spacial score (nSPS) is 21.5. The van der Waals surface area contributed by atoms with Crippen LogP contribution >= 0.6 is 0 Å². The van der Waals surface area contributed by atoms with Gasteiger partial charge >= 0.3 is 12.1 Å². The number of carboxylic acids is 1. The van der Waals surface area contributed by atoms with Crippen molar-refractivity contribution in [3.8, 4) is 0 Å². The lowest BCUT2D eigenvalue weighted by molar-refractivity contribution is -0.192. The molecule has 30 heavy (non-hydrogen) atoms. The van der Waals surface area contributed by atoms with Gasteiger partial charge in [0.25, 0.3) is 0 Å². The molecule has 0 unspecified atom stereocenters. The number of fused-ring (bicyclic) bond motifs is 1. The van der Waals surface area contributed by atoms with E-state index < -0.39 is 12.1 Å². The minimum absolute atomic E-state index is 0.232. The first-order valence-electron chi connectivity index (χ1n) is 9.33. The molecule has 11 heteroatoms. The predicted octanol–water partition coefficient (Wildman–Crippen LogP) is 1.90. The number of pyridine rings is 1. The van der Waals surface area contributed by atoms with Gasteiger partial charge in [0.05, 0.1) is 30.6 Å². The molecule has 0 spiro atoms. The van der Waals surface area contributed by atoms with Crippen LogP contribution in [0.4, 0.5) is 19.0 Å². The molecule has 0 aromatic carbocycles. The number of rotatable bonds is 3. The van der Waals surface area contributed by atoms with Gasteiger partial charge in [-0.3, -0.25) is 14.9 Å². The van der Waals surface area contributed by atoms with E-state index in [2.05, 4.69) is 36.9 Å². The van der Waals surface area contributed by atoms with E-state index in [1.165, 1.54) is 0 Å². The highest BCUT2D eigenvalue weighted by Gasteiger charge is 2.40. The fourth-order valence-electron chi connectivity index (χ4n) is 3.53. The van der Waals surface area contributed by atoms with Gasteiger partial charge in [-0.15, -0.1) is 0 Å². The number of halogens is 3. The molecule has 0 aliphatic carbocycles. The topological polar surface area (TPSA) is 91.7 Å². The Bertz CT molecular complexity index is 853. The minimum atomic E-state index is -5.08. The quantitative estimate of drug-likeness (QED) is 0.798. The molecule has 2 saturated heterocycles. The van der Waals surface area contributed by atoms with E-state index in [0.29, 0.717) is 6.04 Å². The number of ether oxygens (including phenoxy) is 1. The number of alkyl halides is 3. The van der Waals surface area contributed by atoms with Crippen LogP contribution in [0.2, 0.25) is 0 Å². The maximum absolute atomic E-state index is 10.6. The Kier molecular flexibility index (Phi) is 6.83. The van der Waals surface area contributed by atoms with Crippen molar-refractivity contribution in [2.24, 2.45) is 0 Å². The zero-order valence-electron chi connectivity index (χ0n) is 16.3. The molecule has 0 saturated carbocycles. The van der Waals surface area contributed by atoms with Crippen molar-refractivity contribution >= 4 is 11.8 Å². The Morgan fingerprint density at radius 2 is 2.07 bits per heavy atom. The zero-order chi connectivity index (χ0) is 21.7. The first-order chi connectivity index (χ1) is 14.2. The molecule has 0 amide bonds. The summed E-state index contributed by atoms with van der Waals surface area (Å²) in [6.07, 6.45) is 0.456. The molecular weight excluding hydrogens is 403 g/mol. The second-order valence-electron chi connectivity index (χ2n) is 7.00. The number of morpholine rings is 1. The van der Waals surface area contributed by atoms with Crippen molar-refractivity contribution in [2.45, 2.75) is 31.8 Å². The summed E-state index contributed by atoms with van der Waals surface area (Å²) in [6.45, 7) is 6.43. The molecule has 162 valence electrons. The van der Waals surface area contributed by atoms with Crippen molar-refractivity contribution in [3.63, 3.8) is 0 Å². The van der Waals surface area contributed by atoms with Gasteiger partial charge in [-0.2, -0.15) is 13.2 Å². The van der Waals surface area contributed by atoms with Crippen molar-refractivity contribution < 1.29 is 27.8 Å². The Labute approximate surface area is 171 Å². The van der Waals surface area contributed by atoms with Gasteiger partial charge in [0.2, 0.25) is 0 Å². The molecule has 2 aliphatic heterocycles. The van der Waals surface area contributed by atoms with Crippen LogP contribution in [0.1, 0.15) is 11.4 Å². The van der Waals surface area contributed by atoms with E-state index in [9.17, 15) is 13.2 Å². The maximum atomic E-state index is 10.6. The zero-order valence-corrected chi connectivity index (χ0v) is 16.3. The summed E-state index contributed by atoms with van der Waals surface area (Å²) in [5.41, 5.74) is 2.19. The lowest BCUT2D eigenvalue weighted by atomic mass is 10.1. The molecule has 2 fully saturated rings. The van der Waals surface area contributed by atoms with E-state index in [4.69, 9.17) is 14.6 Å². The van der Waals surface area contributed by atoms with Gasteiger partial charge < -0.3 is 14.7 Å². The van der Waals surface area contributed by atoms with Crippen LogP contribution in [0.15, 0.2) is 36.8 Å². The molecule has 4 rings (SSSR count). The SMILES string of the molecule is Cc1cccc(CN2C[C@@H]3OCCN(c4cnccn4)[C@@H]3C2)n1.O=C(O)C(F)(F)F. The van der Waals surface area contributed by atoms with Gasteiger partial charge in [0, 0.05) is 44.3 Å². The highest BCUT2D eigenvalue weighted by Crippen LogP contribution is 2.27. The van der Waals surface area contributed by atoms with E-state index in [1.54, 1.807) is 12.4 Å². The number of hydrogen-bond donors (Lipinski definition) is 1. The molecule has 8 nitrogen and oxygen atoms in total. The number of aliphatic carboxylic acids is 1. The van der Waals surface area contributed by atoms with E-state index in [1.807, 2.05) is 19.2 Å². The van der Waals surface area contributed by atoms with Gasteiger partial charge in [0.15, 0.2) is 0 Å². The molecule has 2 aromatic rings. The fourth-order valence-corrected chi connectivity index (χ4v) is 3.53. The molecule has 2 aliphatic rings. The highest BCUT2D eigenvalue weighted by atomic mass is 19.4. The summed E-state index contributed by atoms with van der Waals surface area (Å²) >= 11 is 0. The summed E-state index contributed by atoms with van der Waals surface area (Å²) in [7, 11) is 0. The first kappa shape index (κ1) is 21.9. The first-order valence-corrected chi connectivity index (χ1v) is 9.33. The number of hydrogen-bond acceptors (Lipinski definition) is 7. The lowest BCUT2D eigenvalue weighted by Gasteiger charge is -2.37. The number of carbonyl (C=O) groups is 1. The van der Waals surface area contributed by atoms with E-state index in [-0.39, 0.29) is 6.10 Å². The third-order valence-electron chi connectivity index (χ3n) is 4.79. The molecule has 1 N–H and O–H groups in total. The fraction of sp³-hybridized carbons (Fsp3) is 0.474. The summed E-state index contributed by atoms with van der Waals surface area (Å²) in [4.78, 5) is 26.9. The van der Waals surface area contributed by atoms with Crippen LogP contribution in [-0.4, -0.2) is 75.5 Å². The van der Waals surface area contributed by atoms with Gasteiger partial charge in [0.1, 0.15) is 5.82 Å². The second kappa shape index (κ2) is 9.35. The molecule has 4 heterocycles. The van der Waals surface area contributed by atoms with Crippen molar-refractivity contribution in [1.29, 1.82) is 0 Å². The van der Waals surface area contributed by atoms with Crippen LogP contribution in [0.3, 0.4) is 0 Å². The number of nitrogens with zero attached hydrogens (tertiary/aromatic N) is 5. The molecular formula is C19H22F3N5O3. The number of likely N-dealkylation sites (tertiary alicyclic amines) is 1. The summed E-state index contributed by atoms with van der Waals surface area (Å²) < 4.78 is 37.7. The van der Waals surface area contributed by atoms with Crippen molar-refractivity contribution in [1.82, 2.24) is 19.9 Å². The second-order valence-corrected chi connectivity index (χ2v) is 7.00. The number of anilines is 1. The monoisotopic (exact) mass is 425 g/mol. The highest BCUT2D eigenvalue weighted by molar-refractivity contribution is 5.73. The molecule has 2 aromatic heterocycles. The molecule has 0 radical (unpaired) electrons. The van der Waals surface area contributed by atoms with Crippen LogP contribution in [0, 0.1) is 6.92 Å². The average molecular weight is 425 g/mol. The largest absolute Gasteiger partial charge is 0.490 e. The smallest absolute Gasteiger partial charge is 0.475 e. The average Bonchev–Trinajstić information content (AvgIpc) is 3.10. The predicted molar refractivity (Wildman–Crippen MR) is 101 cm³/mol. The number of aromatic nitrogens is 3. The molecule has 2 atom stereocenters. The van der Waals surface area contributed by atoms with Gasteiger partial charge in [-0.05, 0) is 19.1 Å². The third-order valence-corrected chi connectivity index (χ3v) is 4.79. The Hall–Kier alpha value is -2.79. The minimum Gasteiger partial charge on any atom is -0.475 e. The Balaban J connectivity index is 0.000000318. The lowest BCUT2D eigenvalue weighted by Crippen LogP contribution is -2.51. The summed E-state index contributed by atoms with van der Waals surface area (Å²) in [6, 6.07) is 6.54. The molecule has 0 bridgehead atoms. The van der Waals surface area contributed by atoms with E-state index >= 15 is 0 Å². The summed E-state index contributed by atoms with van der Waals surface area (Å²) in [5.74, 6) is -1.81. The van der Waals surface area contributed by atoms with Gasteiger partial charge in [-0.25, -0.2) is 9.78 Å². The number of aryl methyl sites for hydroxylation is 1. The standard InChI is InChI=1S/C17H21N5O.C2HF3O2/c1-13-3-2-4-14(20-13)10-21-11-15-16(12-21)23-8-7-22(15)17-9-18-5-6-19-17;3-2(4,5)1(6)7/h2-6,9,15-16H,7-8,10-12H2,1H3;(H,6,7)/t15-,16+;/m1./s1.